The summed E-state index contributed by atoms with van der Waals surface area (Å²) in [5.41, 5.74) is 8.11. The first kappa shape index (κ1) is 10.7. The number of hydrogen-bond donors (Lipinski definition) is 2. The lowest BCUT2D eigenvalue weighted by Crippen LogP contribution is -2.44. The highest BCUT2D eigenvalue weighted by molar-refractivity contribution is 7.13. The summed E-state index contributed by atoms with van der Waals surface area (Å²) < 4.78 is 0. The number of aromatic nitrogens is 1. The summed E-state index contributed by atoms with van der Waals surface area (Å²) in [5.74, 6) is 0. The van der Waals surface area contributed by atoms with Crippen LogP contribution in [0.3, 0.4) is 0 Å². The van der Waals surface area contributed by atoms with Crippen molar-refractivity contribution in [2.45, 2.75) is 24.9 Å². The molecule has 3 N–H and O–H groups in total. The predicted octanol–water partition coefficient (Wildman–Crippen LogP) is 2.71. The summed E-state index contributed by atoms with van der Waals surface area (Å²) in [6, 6.07) is 9.39. The van der Waals surface area contributed by atoms with Crippen molar-refractivity contribution in [1.29, 1.82) is 0 Å². The SMILES string of the molecule is NC1CC(Nc2ccc(-c3nccs3)cc2)C1. The Labute approximate surface area is 105 Å². The van der Waals surface area contributed by atoms with Gasteiger partial charge in [-0.25, -0.2) is 4.98 Å². The van der Waals surface area contributed by atoms with Crippen LogP contribution in [-0.2, 0) is 0 Å². The highest BCUT2D eigenvalue weighted by Crippen LogP contribution is 2.26. The van der Waals surface area contributed by atoms with Crippen molar-refractivity contribution >= 4 is 17.0 Å². The lowest BCUT2D eigenvalue weighted by molar-refractivity contribution is 0.374. The predicted molar refractivity (Wildman–Crippen MR) is 72.2 cm³/mol. The van der Waals surface area contributed by atoms with Gasteiger partial charge >= 0.3 is 0 Å². The highest BCUT2D eigenvalue weighted by Gasteiger charge is 2.25. The quantitative estimate of drug-likeness (QED) is 0.874. The van der Waals surface area contributed by atoms with Crippen molar-refractivity contribution in [2.24, 2.45) is 5.73 Å². The third-order valence-corrected chi connectivity index (χ3v) is 3.93. The van der Waals surface area contributed by atoms with Crippen LogP contribution in [0.2, 0.25) is 0 Å². The first-order valence-electron chi connectivity index (χ1n) is 5.83. The lowest BCUT2D eigenvalue weighted by Gasteiger charge is -2.33. The molecule has 3 rings (SSSR count). The van der Waals surface area contributed by atoms with Gasteiger partial charge in [0.25, 0.3) is 0 Å². The number of thiazole rings is 1. The molecule has 0 amide bonds. The van der Waals surface area contributed by atoms with Gasteiger partial charge in [-0.2, -0.15) is 0 Å². The van der Waals surface area contributed by atoms with E-state index in [1.165, 1.54) is 11.3 Å². The lowest BCUT2D eigenvalue weighted by atomic mass is 9.87. The minimum atomic E-state index is 0.391. The van der Waals surface area contributed by atoms with Crippen LogP contribution in [0.15, 0.2) is 35.8 Å². The second-order valence-corrected chi connectivity index (χ2v) is 5.38. The Kier molecular flexibility index (Phi) is 2.82. The largest absolute Gasteiger partial charge is 0.382 e. The van der Waals surface area contributed by atoms with Crippen LogP contribution >= 0.6 is 11.3 Å². The molecule has 1 aromatic heterocycles. The van der Waals surface area contributed by atoms with Crippen LogP contribution in [0.1, 0.15) is 12.8 Å². The molecule has 0 atom stereocenters. The first-order chi connectivity index (χ1) is 8.31. The monoisotopic (exact) mass is 245 g/mol. The van der Waals surface area contributed by atoms with Gasteiger partial charge in [0, 0.05) is 34.9 Å². The van der Waals surface area contributed by atoms with Crippen LogP contribution in [0.25, 0.3) is 10.6 Å². The Morgan fingerprint density at radius 1 is 1.24 bits per heavy atom. The van der Waals surface area contributed by atoms with Crippen molar-refractivity contribution in [1.82, 2.24) is 4.98 Å². The number of anilines is 1. The maximum atomic E-state index is 5.76. The van der Waals surface area contributed by atoms with Crippen LogP contribution in [-0.4, -0.2) is 17.1 Å². The van der Waals surface area contributed by atoms with Crippen molar-refractivity contribution in [3.63, 3.8) is 0 Å². The molecule has 3 nitrogen and oxygen atoms in total. The van der Waals surface area contributed by atoms with Crippen molar-refractivity contribution in [3.8, 4) is 10.6 Å². The van der Waals surface area contributed by atoms with Gasteiger partial charge in [0.05, 0.1) is 0 Å². The molecule has 0 radical (unpaired) electrons. The summed E-state index contributed by atoms with van der Waals surface area (Å²) in [6.07, 6.45) is 3.99. The fourth-order valence-electron chi connectivity index (χ4n) is 2.09. The molecule has 0 unspecified atom stereocenters. The molecule has 1 saturated carbocycles. The summed E-state index contributed by atoms with van der Waals surface area (Å²) in [5, 5.41) is 6.55. The number of nitrogens with zero attached hydrogens (tertiary/aromatic N) is 1. The average molecular weight is 245 g/mol. The zero-order valence-corrected chi connectivity index (χ0v) is 10.3. The fraction of sp³-hybridized carbons (Fsp3) is 0.308. The molecule has 4 heteroatoms. The number of benzene rings is 1. The molecular formula is C13H15N3S. The van der Waals surface area contributed by atoms with E-state index in [2.05, 4.69) is 34.6 Å². The normalized spacial score (nSPS) is 23.1. The van der Waals surface area contributed by atoms with E-state index in [1.54, 1.807) is 11.3 Å². The van der Waals surface area contributed by atoms with Gasteiger partial charge in [0.15, 0.2) is 0 Å². The first-order valence-corrected chi connectivity index (χ1v) is 6.71. The van der Waals surface area contributed by atoms with Gasteiger partial charge in [-0.15, -0.1) is 11.3 Å². The zero-order valence-electron chi connectivity index (χ0n) is 9.47. The molecule has 1 aromatic carbocycles. The van der Waals surface area contributed by atoms with E-state index in [-0.39, 0.29) is 0 Å². The molecule has 0 aliphatic heterocycles. The van der Waals surface area contributed by atoms with E-state index in [4.69, 9.17) is 5.73 Å². The molecule has 1 aliphatic rings. The van der Waals surface area contributed by atoms with E-state index in [9.17, 15) is 0 Å². The van der Waals surface area contributed by atoms with Crippen LogP contribution in [0, 0.1) is 0 Å². The minimum absolute atomic E-state index is 0.391. The maximum Gasteiger partial charge on any atom is 0.123 e. The van der Waals surface area contributed by atoms with Crippen LogP contribution in [0.5, 0.6) is 0 Å². The third kappa shape index (κ3) is 2.33. The fourth-order valence-corrected chi connectivity index (χ4v) is 2.73. The molecular weight excluding hydrogens is 230 g/mol. The summed E-state index contributed by atoms with van der Waals surface area (Å²) in [7, 11) is 0. The number of hydrogen-bond acceptors (Lipinski definition) is 4. The molecule has 1 aliphatic carbocycles. The molecule has 0 bridgehead atoms. The van der Waals surface area contributed by atoms with Gasteiger partial charge < -0.3 is 11.1 Å². The maximum absolute atomic E-state index is 5.76. The summed E-state index contributed by atoms with van der Waals surface area (Å²) in [6.45, 7) is 0. The Balaban J connectivity index is 1.68. The average Bonchev–Trinajstić information content (AvgIpc) is 2.81. The third-order valence-electron chi connectivity index (χ3n) is 3.11. The van der Waals surface area contributed by atoms with Crippen molar-refractivity contribution in [3.05, 3.63) is 35.8 Å². The molecule has 2 aromatic rings. The van der Waals surface area contributed by atoms with E-state index < -0.39 is 0 Å². The Morgan fingerprint density at radius 2 is 2.00 bits per heavy atom. The van der Waals surface area contributed by atoms with Gasteiger partial charge in [0.1, 0.15) is 5.01 Å². The zero-order chi connectivity index (χ0) is 11.7. The molecule has 1 fully saturated rings. The van der Waals surface area contributed by atoms with E-state index in [0.717, 1.165) is 17.8 Å². The van der Waals surface area contributed by atoms with Crippen LogP contribution < -0.4 is 11.1 Å². The van der Waals surface area contributed by atoms with E-state index in [1.807, 2.05) is 11.6 Å². The summed E-state index contributed by atoms with van der Waals surface area (Å²) >= 11 is 1.66. The Morgan fingerprint density at radius 3 is 2.59 bits per heavy atom. The molecule has 88 valence electrons. The number of nitrogens with two attached hydrogens (primary N) is 1. The molecule has 0 spiro atoms. The van der Waals surface area contributed by atoms with E-state index >= 15 is 0 Å². The Hall–Kier alpha value is -1.39. The second-order valence-electron chi connectivity index (χ2n) is 4.49. The second kappa shape index (κ2) is 4.47. The van der Waals surface area contributed by atoms with Gasteiger partial charge in [-0.3, -0.25) is 0 Å². The molecule has 17 heavy (non-hydrogen) atoms. The Bertz CT molecular complexity index is 472. The minimum Gasteiger partial charge on any atom is -0.382 e. The topological polar surface area (TPSA) is 50.9 Å². The highest BCUT2D eigenvalue weighted by atomic mass is 32.1. The van der Waals surface area contributed by atoms with Gasteiger partial charge in [-0.05, 0) is 37.1 Å². The molecule has 0 saturated heterocycles. The standard InChI is InChI=1S/C13H15N3S/c14-10-7-12(8-10)16-11-3-1-9(2-4-11)13-15-5-6-17-13/h1-6,10,12,16H,7-8,14H2. The van der Waals surface area contributed by atoms with Crippen LogP contribution in [0.4, 0.5) is 5.69 Å². The van der Waals surface area contributed by atoms with Gasteiger partial charge in [-0.1, -0.05) is 0 Å². The number of nitrogens with one attached hydrogen (secondary N) is 1. The van der Waals surface area contributed by atoms with Gasteiger partial charge in [0.2, 0.25) is 0 Å². The molecule has 1 heterocycles. The number of rotatable bonds is 3. The van der Waals surface area contributed by atoms with Crippen molar-refractivity contribution in [2.75, 3.05) is 5.32 Å². The smallest absolute Gasteiger partial charge is 0.123 e. The summed E-state index contributed by atoms with van der Waals surface area (Å²) in [4.78, 5) is 4.30. The van der Waals surface area contributed by atoms with Crippen molar-refractivity contribution < 1.29 is 0 Å². The van der Waals surface area contributed by atoms with E-state index in [0.29, 0.717) is 12.1 Å².